The fourth-order valence-electron chi connectivity index (χ4n) is 4.13. The lowest BCUT2D eigenvalue weighted by Crippen LogP contribution is -2.52. The molecular formula is C20H24N2O4. The number of benzene rings is 1. The number of likely N-dealkylation sites (tertiary alicyclic amines) is 1. The molecule has 1 amide bonds. The fourth-order valence-corrected chi connectivity index (χ4v) is 4.13. The van der Waals surface area contributed by atoms with Crippen LogP contribution in [0.15, 0.2) is 41.1 Å². The summed E-state index contributed by atoms with van der Waals surface area (Å²) in [6.45, 7) is 2.94. The highest BCUT2D eigenvalue weighted by Crippen LogP contribution is 2.43. The summed E-state index contributed by atoms with van der Waals surface area (Å²) in [5.41, 5.74) is 1.11. The largest absolute Gasteiger partial charge is 0.448 e. The van der Waals surface area contributed by atoms with Gasteiger partial charge in [0.05, 0.1) is 17.8 Å². The van der Waals surface area contributed by atoms with Gasteiger partial charge in [0.15, 0.2) is 12.1 Å². The first-order chi connectivity index (χ1) is 12.6. The van der Waals surface area contributed by atoms with Crippen molar-refractivity contribution >= 4 is 5.91 Å². The third-order valence-corrected chi connectivity index (χ3v) is 5.57. The number of aliphatic hydroxyl groups is 1. The number of hydrogen-bond acceptors (Lipinski definition) is 5. The zero-order valence-electron chi connectivity index (χ0n) is 14.9. The number of aromatic nitrogens is 1. The van der Waals surface area contributed by atoms with Crippen molar-refractivity contribution in [1.82, 2.24) is 9.88 Å². The van der Waals surface area contributed by atoms with Crippen LogP contribution in [-0.4, -0.2) is 45.7 Å². The van der Waals surface area contributed by atoms with Gasteiger partial charge in [0.25, 0.3) is 5.91 Å². The van der Waals surface area contributed by atoms with Crippen molar-refractivity contribution in [2.75, 3.05) is 13.1 Å². The minimum atomic E-state index is -0.381. The number of hydrogen-bond donors (Lipinski definition) is 1. The molecule has 2 aliphatic heterocycles. The third kappa shape index (κ3) is 3.27. The highest BCUT2D eigenvalue weighted by Gasteiger charge is 2.44. The lowest BCUT2D eigenvalue weighted by molar-refractivity contribution is -0.181. The van der Waals surface area contributed by atoms with Gasteiger partial charge in [-0.2, -0.15) is 0 Å². The number of ether oxygens (including phenoxy) is 1. The summed E-state index contributed by atoms with van der Waals surface area (Å²) >= 11 is 0. The standard InChI is InChI=1S/C20H24N2O4/c1-14-18(21-13-25-14)19(24)22-9-7-20(8-10-22)12-16(23)11-17(26-20)15-5-3-2-4-6-15/h2-6,13,16-17,23H,7-12H2,1H3/t16-,17+/m0/s1. The molecule has 6 heteroatoms. The van der Waals surface area contributed by atoms with Crippen LogP contribution in [0, 0.1) is 6.92 Å². The smallest absolute Gasteiger partial charge is 0.276 e. The van der Waals surface area contributed by atoms with E-state index in [0.717, 1.165) is 18.4 Å². The van der Waals surface area contributed by atoms with Gasteiger partial charge in [0.1, 0.15) is 5.76 Å². The zero-order chi connectivity index (χ0) is 18.1. The number of aryl methyl sites for hydroxylation is 1. The number of carbonyl (C=O) groups is 1. The van der Waals surface area contributed by atoms with Crippen molar-refractivity contribution in [3.8, 4) is 0 Å². The Morgan fingerprint density at radius 1 is 1.27 bits per heavy atom. The first-order valence-corrected chi connectivity index (χ1v) is 9.16. The van der Waals surface area contributed by atoms with Crippen LogP contribution < -0.4 is 0 Å². The molecule has 2 saturated heterocycles. The third-order valence-electron chi connectivity index (χ3n) is 5.57. The molecule has 0 aliphatic carbocycles. The van der Waals surface area contributed by atoms with Crippen LogP contribution in [0.5, 0.6) is 0 Å². The van der Waals surface area contributed by atoms with E-state index in [1.165, 1.54) is 6.39 Å². The molecule has 6 nitrogen and oxygen atoms in total. The number of piperidine rings is 1. The SMILES string of the molecule is Cc1ocnc1C(=O)N1CCC2(CC1)C[C@@H](O)C[C@H](c1ccccc1)O2. The average molecular weight is 356 g/mol. The number of aliphatic hydroxyl groups excluding tert-OH is 1. The van der Waals surface area contributed by atoms with Gasteiger partial charge in [-0.05, 0) is 25.3 Å². The summed E-state index contributed by atoms with van der Waals surface area (Å²) in [6, 6.07) is 10.1. The highest BCUT2D eigenvalue weighted by atomic mass is 16.5. The molecule has 4 rings (SSSR count). The van der Waals surface area contributed by atoms with E-state index < -0.39 is 0 Å². The van der Waals surface area contributed by atoms with Crippen LogP contribution in [0.3, 0.4) is 0 Å². The van der Waals surface area contributed by atoms with Crippen LogP contribution in [0.4, 0.5) is 0 Å². The Hall–Kier alpha value is -2.18. The van der Waals surface area contributed by atoms with E-state index in [4.69, 9.17) is 9.15 Å². The van der Waals surface area contributed by atoms with Gasteiger partial charge in [-0.25, -0.2) is 4.98 Å². The summed E-state index contributed by atoms with van der Waals surface area (Å²) in [6.07, 6.45) is 3.51. The van der Waals surface area contributed by atoms with Gasteiger partial charge in [0.2, 0.25) is 0 Å². The summed E-state index contributed by atoms with van der Waals surface area (Å²) in [7, 11) is 0. The second-order valence-electron chi connectivity index (χ2n) is 7.34. The second-order valence-corrected chi connectivity index (χ2v) is 7.34. The van der Waals surface area contributed by atoms with Gasteiger partial charge in [-0.3, -0.25) is 4.79 Å². The van der Waals surface area contributed by atoms with E-state index in [2.05, 4.69) is 4.98 Å². The van der Waals surface area contributed by atoms with Gasteiger partial charge in [-0.1, -0.05) is 30.3 Å². The number of carbonyl (C=O) groups excluding carboxylic acids is 1. The average Bonchev–Trinajstić information content (AvgIpc) is 3.08. The van der Waals surface area contributed by atoms with E-state index in [-0.39, 0.29) is 23.7 Å². The van der Waals surface area contributed by atoms with E-state index in [9.17, 15) is 9.90 Å². The number of oxazole rings is 1. The lowest BCUT2D eigenvalue weighted by Gasteiger charge is -2.48. The predicted octanol–water partition coefficient (Wildman–Crippen LogP) is 2.87. The number of rotatable bonds is 2. The molecule has 2 aromatic rings. The van der Waals surface area contributed by atoms with E-state index in [0.29, 0.717) is 37.4 Å². The molecule has 1 aromatic heterocycles. The molecule has 2 atom stereocenters. The molecule has 2 aliphatic rings. The maximum Gasteiger partial charge on any atom is 0.276 e. The summed E-state index contributed by atoms with van der Waals surface area (Å²) < 4.78 is 11.6. The second kappa shape index (κ2) is 6.85. The van der Waals surface area contributed by atoms with Crippen LogP contribution >= 0.6 is 0 Å². The molecule has 0 bridgehead atoms. The highest BCUT2D eigenvalue weighted by molar-refractivity contribution is 5.93. The van der Waals surface area contributed by atoms with Crippen LogP contribution in [-0.2, 0) is 4.74 Å². The Morgan fingerprint density at radius 2 is 2.00 bits per heavy atom. The molecule has 2 fully saturated rings. The van der Waals surface area contributed by atoms with Crippen LogP contribution in [0.25, 0.3) is 0 Å². The van der Waals surface area contributed by atoms with E-state index in [1.807, 2.05) is 30.3 Å². The molecule has 1 spiro atoms. The molecule has 138 valence electrons. The molecule has 0 radical (unpaired) electrons. The molecule has 0 saturated carbocycles. The molecule has 3 heterocycles. The quantitative estimate of drug-likeness (QED) is 0.895. The molecule has 0 unspecified atom stereocenters. The van der Waals surface area contributed by atoms with Crippen molar-refractivity contribution in [3.63, 3.8) is 0 Å². The maximum absolute atomic E-state index is 12.6. The van der Waals surface area contributed by atoms with Crippen LogP contribution in [0.1, 0.15) is 53.6 Å². The van der Waals surface area contributed by atoms with Crippen molar-refractivity contribution in [3.05, 3.63) is 53.7 Å². The monoisotopic (exact) mass is 356 g/mol. The summed E-state index contributed by atoms with van der Waals surface area (Å²) in [5, 5.41) is 10.4. The Balaban J connectivity index is 1.45. The van der Waals surface area contributed by atoms with Crippen LogP contribution in [0.2, 0.25) is 0 Å². The molecular weight excluding hydrogens is 332 g/mol. The summed E-state index contributed by atoms with van der Waals surface area (Å²) in [5.74, 6) is 0.450. The minimum Gasteiger partial charge on any atom is -0.448 e. The Labute approximate surface area is 152 Å². The van der Waals surface area contributed by atoms with Gasteiger partial charge in [-0.15, -0.1) is 0 Å². The fraction of sp³-hybridized carbons (Fsp3) is 0.500. The van der Waals surface area contributed by atoms with E-state index in [1.54, 1.807) is 11.8 Å². The van der Waals surface area contributed by atoms with Crippen molar-refractivity contribution < 1.29 is 19.1 Å². The maximum atomic E-state index is 12.6. The normalized spacial score (nSPS) is 25.4. The summed E-state index contributed by atoms with van der Waals surface area (Å²) in [4.78, 5) is 18.4. The number of amides is 1. The van der Waals surface area contributed by atoms with Gasteiger partial charge < -0.3 is 19.2 Å². The zero-order valence-corrected chi connectivity index (χ0v) is 14.9. The topological polar surface area (TPSA) is 75.8 Å². The van der Waals surface area contributed by atoms with Crippen molar-refractivity contribution in [1.29, 1.82) is 0 Å². The molecule has 26 heavy (non-hydrogen) atoms. The first-order valence-electron chi connectivity index (χ1n) is 9.16. The minimum absolute atomic E-state index is 0.0953. The number of nitrogens with zero attached hydrogens (tertiary/aromatic N) is 2. The molecule has 1 aromatic carbocycles. The van der Waals surface area contributed by atoms with Gasteiger partial charge in [0, 0.05) is 25.9 Å². The van der Waals surface area contributed by atoms with Crippen molar-refractivity contribution in [2.45, 2.75) is 50.4 Å². The van der Waals surface area contributed by atoms with Gasteiger partial charge >= 0.3 is 0 Å². The Kier molecular flexibility index (Phi) is 4.54. The Morgan fingerprint density at radius 3 is 2.65 bits per heavy atom. The lowest BCUT2D eigenvalue weighted by atomic mass is 9.81. The van der Waals surface area contributed by atoms with E-state index >= 15 is 0 Å². The molecule has 1 N–H and O–H groups in total. The van der Waals surface area contributed by atoms with Crippen molar-refractivity contribution in [2.24, 2.45) is 0 Å². The predicted molar refractivity (Wildman–Crippen MR) is 94.6 cm³/mol. The first kappa shape index (κ1) is 17.2. The Bertz CT molecular complexity index is 765.